The highest BCUT2D eigenvalue weighted by molar-refractivity contribution is 6.20. The quantitative estimate of drug-likeness (QED) is 0.629. The molecule has 2 aromatic rings. The van der Waals surface area contributed by atoms with Gasteiger partial charge in [0, 0.05) is 0 Å². The molecule has 1 N–H and O–H groups in total. The van der Waals surface area contributed by atoms with Crippen molar-refractivity contribution in [2.24, 2.45) is 0 Å². The molecule has 4 nitrogen and oxygen atoms in total. The van der Waals surface area contributed by atoms with Gasteiger partial charge in [0.2, 0.25) is 0 Å². The molecule has 0 aliphatic heterocycles. The maximum Gasteiger partial charge on any atom is 0.417 e. The van der Waals surface area contributed by atoms with Crippen molar-refractivity contribution in [3.05, 3.63) is 34.3 Å². The molecule has 0 radical (unpaired) electrons. The summed E-state index contributed by atoms with van der Waals surface area (Å²) in [4.78, 5) is 15.4. The number of fused-ring (bicyclic) bond motifs is 1. The lowest BCUT2D eigenvalue weighted by molar-refractivity contribution is 0.384. The minimum absolute atomic E-state index is 0.227. The molecule has 1 heterocycles. The number of halogens is 1. The molecule has 0 saturated carbocycles. The third-order valence-corrected chi connectivity index (χ3v) is 2.82. The van der Waals surface area contributed by atoms with Gasteiger partial charge in [-0.25, -0.2) is 4.79 Å². The van der Waals surface area contributed by atoms with Crippen molar-refractivity contribution in [1.29, 1.82) is 0 Å². The number of benzene rings is 1. The average Bonchev–Trinajstić information content (AvgIpc) is 2.55. The SMILES string of the molecule is CN(C)C(Cl)c1ccc2[nH]c(=O)oc2c1. The fourth-order valence-electron chi connectivity index (χ4n) is 1.41. The molecule has 0 aliphatic carbocycles. The summed E-state index contributed by atoms with van der Waals surface area (Å²) >= 11 is 6.14. The topological polar surface area (TPSA) is 49.2 Å². The van der Waals surface area contributed by atoms with Gasteiger partial charge in [0.15, 0.2) is 5.58 Å². The van der Waals surface area contributed by atoms with Crippen molar-refractivity contribution < 1.29 is 4.42 Å². The largest absolute Gasteiger partial charge is 0.417 e. The van der Waals surface area contributed by atoms with Crippen LogP contribution in [0.25, 0.3) is 11.1 Å². The van der Waals surface area contributed by atoms with E-state index in [0.29, 0.717) is 11.1 Å². The number of rotatable bonds is 2. The maximum absolute atomic E-state index is 10.9. The molecule has 2 rings (SSSR count). The zero-order valence-corrected chi connectivity index (χ0v) is 9.21. The number of nitrogens with zero attached hydrogens (tertiary/aromatic N) is 1. The maximum atomic E-state index is 10.9. The summed E-state index contributed by atoms with van der Waals surface area (Å²) in [6, 6.07) is 5.42. The first kappa shape index (κ1) is 10.3. The van der Waals surface area contributed by atoms with E-state index < -0.39 is 5.76 Å². The van der Waals surface area contributed by atoms with Crippen LogP contribution in [0.2, 0.25) is 0 Å². The highest BCUT2D eigenvalue weighted by Crippen LogP contribution is 2.24. The molecular formula is C10H11ClN2O2. The summed E-state index contributed by atoms with van der Waals surface area (Å²) in [6.07, 6.45) is 0. The van der Waals surface area contributed by atoms with Crippen molar-refractivity contribution in [2.75, 3.05) is 14.1 Å². The fourth-order valence-corrected chi connectivity index (χ4v) is 1.54. The summed E-state index contributed by atoms with van der Waals surface area (Å²) < 4.78 is 4.95. The second kappa shape index (κ2) is 3.72. The Hall–Kier alpha value is -1.26. The molecule has 0 bridgehead atoms. The molecule has 0 amide bonds. The van der Waals surface area contributed by atoms with E-state index in [-0.39, 0.29) is 5.50 Å². The van der Waals surface area contributed by atoms with Gasteiger partial charge in [-0.3, -0.25) is 9.88 Å². The minimum Gasteiger partial charge on any atom is -0.408 e. The number of hydrogen-bond acceptors (Lipinski definition) is 3. The summed E-state index contributed by atoms with van der Waals surface area (Å²) in [7, 11) is 3.77. The molecule has 1 aromatic heterocycles. The first-order chi connectivity index (χ1) is 7.08. The van der Waals surface area contributed by atoms with E-state index >= 15 is 0 Å². The normalized spacial score (nSPS) is 13.6. The lowest BCUT2D eigenvalue weighted by atomic mass is 10.2. The number of nitrogens with one attached hydrogen (secondary N) is 1. The third-order valence-electron chi connectivity index (χ3n) is 2.17. The van der Waals surface area contributed by atoms with Crippen LogP contribution in [0.15, 0.2) is 27.4 Å². The van der Waals surface area contributed by atoms with Crippen LogP contribution in [0.5, 0.6) is 0 Å². The van der Waals surface area contributed by atoms with E-state index in [2.05, 4.69) is 4.98 Å². The molecule has 80 valence electrons. The predicted octanol–water partition coefficient (Wildman–Crippen LogP) is 1.92. The number of hydrogen-bond donors (Lipinski definition) is 1. The summed E-state index contributed by atoms with van der Waals surface area (Å²) in [5.41, 5.74) is 1.89. The first-order valence-corrected chi connectivity index (χ1v) is 4.95. The van der Waals surface area contributed by atoms with Gasteiger partial charge < -0.3 is 4.42 Å². The number of aromatic amines is 1. The van der Waals surface area contributed by atoms with E-state index in [0.717, 1.165) is 5.56 Å². The zero-order valence-electron chi connectivity index (χ0n) is 8.45. The molecule has 15 heavy (non-hydrogen) atoms. The Morgan fingerprint density at radius 1 is 1.47 bits per heavy atom. The van der Waals surface area contributed by atoms with Crippen LogP contribution in [0.3, 0.4) is 0 Å². The molecule has 0 aliphatic rings. The highest BCUT2D eigenvalue weighted by atomic mass is 35.5. The number of alkyl halides is 1. The average molecular weight is 227 g/mol. The van der Waals surface area contributed by atoms with Crippen LogP contribution in [0, 0.1) is 0 Å². The number of H-pyrrole nitrogens is 1. The second-order valence-corrected chi connectivity index (χ2v) is 3.98. The lowest BCUT2D eigenvalue weighted by Crippen LogP contribution is -2.14. The van der Waals surface area contributed by atoms with Crippen LogP contribution in [0.4, 0.5) is 0 Å². The number of oxazole rings is 1. The van der Waals surface area contributed by atoms with Crippen LogP contribution in [-0.2, 0) is 0 Å². The van der Waals surface area contributed by atoms with Crippen molar-refractivity contribution in [3.8, 4) is 0 Å². The van der Waals surface area contributed by atoms with Gasteiger partial charge in [-0.2, -0.15) is 0 Å². The molecule has 0 spiro atoms. The first-order valence-electron chi connectivity index (χ1n) is 4.51. The zero-order chi connectivity index (χ0) is 11.0. The van der Waals surface area contributed by atoms with Crippen molar-refractivity contribution in [3.63, 3.8) is 0 Å². The Labute approximate surface area is 91.4 Å². The van der Waals surface area contributed by atoms with Gasteiger partial charge in [-0.05, 0) is 31.8 Å². The molecular weight excluding hydrogens is 216 g/mol. The Morgan fingerprint density at radius 3 is 2.87 bits per heavy atom. The van der Waals surface area contributed by atoms with Gasteiger partial charge in [-0.15, -0.1) is 11.6 Å². The van der Waals surface area contributed by atoms with E-state index in [1.165, 1.54) is 0 Å². The Balaban J connectivity index is 2.50. The van der Waals surface area contributed by atoms with Crippen LogP contribution < -0.4 is 5.76 Å². The van der Waals surface area contributed by atoms with Gasteiger partial charge in [-0.1, -0.05) is 6.07 Å². The summed E-state index contributed by atoms with van der Waals surface area (Å²) in [5, 5.41) is 0. The summed E-state index contributed by atoms with van der Waals surface area (Å²) in [6.45, 7) is 0. The fraction of sp³-hybridized carbons (Fsp3) is 0.300. The van der Waals surface area contributed by atoms with Gasteiger partial charge >= 0.3 is 5.76 Å². The van der Waals surface area contributed by atoms with E-state index in [1.54, 1.807) is 12.1 Å². The standard InChI is InChI=1S/C10H11ClN2O2/c1-13(2)9(11)6-3-4-7-8(5-6)15-10(14)12-7/h3-5,9H,1-2H3,(H,12,14). The smallest absolute Gasteiger partial charge is 0.408 e. The molecule has 1 unspecified atom stereocenters. The van der Waals surface area contributed by atoms with Crippen molar-refractivity contribution in [1.82, 2.24) is 9.88 Å². The highest BCUT2D eigenvalue weighted by Gasteiger charge is 2.11. The van der Waals surface area contributed by atoms with Gasteiger partial charge in [0.05, 0.1) is 5.52 Å². The Bertz CT molecular complexity index is 529. The molecule has 0 saturated heterocycles. The van der Waals surface area contributed by atoms with Crippen molar-refractivity contribution >= 4 is 22.7 Å². The predicted molar refractivity (Wildman–Crippen MR) is 59.1 cm³/mol. The lowest BCUT2D eigenvalue weighted by Gasteiger charge is -2.17. The third kappa shape index (κ3) is 1.91. The van der Waals surface area contributed by atoms with E-state index in [4.69, 9.17) is 16.0 Å². The minimum atomic E-state index is -0.446. The van der Waals surface area contributed by atoms with Crippen LogP contribution >= 0.6 is 11.6 Å². The Kier molecular flexibility index (Phi) is 2.54. The second-order valence-electron chi connectivity index (χ2n) is 3.57. The van der Waals surface area contributed by atoms with Crippen LogP contribution in [-0.4, -0.2) is 24.0 Å². The molecule has 1 atom stereocenters. The summed E-state index contributed by atoms with van der Waals surface area (Å²) in [5.74, 6) is -0.446. The molecule has 0 fully saturated rings. The van der Waals surface area contributed by atoms with E-state index in [9.17, 15) is 4.79 Å². The number of aromatic nitrogens is 1. The van der Waals surface area contributed by atoms with Crippen LogP contribution in [0.1, 0.15) is 11.1 Å². The van der Waals surface area contributed by atoms with Gasteiger partial charge in [0.25, 0.3) is 0 Å². The molecule has 1 aromatic carbocycles. The molecule has 5 heteroatoms. The van der Waals surface area contributed by atoms with Gasteiger partial charge in [0.1, 0.15) is 5.50 Å². The van der Waals surface area contributed by atoms with Crippen molar-refractivity contribution in [2.45, 2.75) is 5.50 Å². The Morgan fingerprint density at radius 2 is 2.20 bits per heavy atom. The van der Waals surface area contributed by atoms with E-state index in [1.807, 2.05) is 25.1 Å². The monoisotopic (exact) mass is 226 g/mol.